The van der Waals surface area contributed by atoms with Crippen molar-refractivity contribution in [3.8, 4) is 0 Å². The molecule has 3 amide bonds. The second kappa shape index (κ2) is 8.56. The molecule has 1 heterocycles. The number of benzene rings is 2. The number of carbonyl (C=O) groups is 3. The zero-order valence-electron chi connectivity index (χ0n) is 16.5. The molecule has 0 saturated carbocycles. The maximum Gasteiger partial charge on any atom is 0.262 e. The monoisotopic (exact) mass is 432 g/mol. The van der Waals surface area contributed by atoms with Crippen molar-refractivity contribution in [1.29, 1.82) is 0 Å². The van der Waals surface area contributed by atoms with Crippen LogP contribution < -0.4 is 5.32 Å². The number of nitrogens with one attached hydrogen (secondary N) is 1. The molecule has 7 heteroatoms. The van der Waals surface area contributed by atoms with E-state index >= 15 is 0 Å². The molecule has 2 aromatic carbocycles. The van der Waals surface area contributed by atoms with E-state index in [0.717, 1.165) is 22.4 Å². The number of anilines is 1. The fourth-order valence-corrected chi connectivity index (χ4v) is 3.72. The molecule has 0 saturated heterocycles. The van der Waals surface area contributed by atoms with Crippen LogP contribution >= 0.6 is 23.2 Å². The molecule has 1 N–H and O–H groups in total. The summed E-state index contributed by atoms with van der Waals surface area (Å²) in [6.45, 7) is 5.81. The van der Waals surface area contributed by atoms with Gasteiger partial charge in [-0.05, 0) is 49.6 Å². The summed E-state index contributed by atoms with van der Waals surface area (Å²) in [6.07, 6.45) is 1.90. The highest BCUT2D eigenvalue weighted by atomic mass is 35.5. The minimum absolute atomic E-state index is 0.172. The van der Waals surface area contributed by atoms with Crippen molar-refractivity contribution in [2.75, 3.05) is 5.32 Å². The quantitative estimate of drug-likeness (QED) is 0.620. The molecule has 1 aliphatic heterocycles. The van der Waals surface area contributed by atoms with Gasteiger partial charge in [0.15, 0.2) is 0 Å². The minimum atomic E-state index is -0.917. The second-order valence-corrected chi connectivity index (χ2v) is 8.07. The van der Waals surface area contributed by atoms with E-state index in [-0.39, 0.29) is 27.1 Å². The smallest absolute Gasteiger partial charge is 0.262 e. The van der Waals surface area contributed by atoms with Crippen LogP contribution in [-0.4, -0.2) is 28.7 Å². The number of amides is 3. The highest BCUT2D eigenvalue weighted by molar-refractivity contribution is 6.43. The van der Waals surface area contributed by atoms with Crippen LogP contribution in [0.5, 0.6) is 0 Å². The fourth-order valence-electron chi connectivity index (χ4n) is 3.40. The molecule has 3 rings (SSSR count). The highest BCUT2D eigenvalue weighted by Crippen LogP contribution is 2.33. The van der Waals surface area contributed by atoms with Gasteiger partial charge < -0.3 is 5.32 Å². The van der Waals surface area contributed by atoms with E-state index in [1.165, 1.54) is 12.1 Å². The average molecular weight is 433 g/mol. The first-order chi connectivity index (χ1) is 13.7. The summed E-state index contributed by atoms with van der Waals surface area (Å²) in [7, 11) is 0. The van der Waals surface area contributed by atoms with Gasteiger partial charge in [0.1, 0.15) is 6.04 Å². The predicted molar refractivity (Wildman–Crippen MR) is 115 cm³/mol. The van der Waals surface area contributed by atoms with Gasteiger partial charge in [0.05, 0.1) is 21.2 Å². The van der Waals surface area contributed by atoms with Crippen molar-refractivity contribution >= 4 is 46.6 Å². The Labute approximate surface area is 180 Å². The molecular weight excluding hydrogens is 411 g/mol. The Hall–Kier alpha value is -2.37. The lowest BCUT2D eigenvalue weighted by molar-refractivity contribution is -0.120. The topological polar surface area (TPSA) is 66.5 Å². The molecule has 0 fully saturated rings. The summed E-state index contributed by atoms with van der Waals surface area (Å²) in [5.74, 6) is -1.44. The first-order valence-corrected chi connectivity index (χ1v) is 10.2. The zero-order valence-corrected chi connectivity index (χ0v) is 18.0. The molecule has 1 atom stereocenters. The van der Waals surface area contributed by atoms with E-state index in [0.29, 0.717) is 18.5 Å². The molecule has 2 aromatic rings. The Morgan fingerprint density at radius 2 is 1.62 bits per heavy atom. The molecule has 5 nitrogen and oxygen atoms in total. The Morgan fingerprint density at radius 1 is 1.03 bits per heavy atom. The molecule has 0 spiro atoms. The highest BCUT2D eigenvalue weighted by Gasteiger charge is 2.43. The number of rotatable bonds is 6. The first kappa shape index (κ1) is 21.3. The van der Waals surface area contributed by atoms with Gasteiger partial charge in [0.2, 0.25) is 5.91 Å². The Morgan fingerprint density at radius 3 is 2.17 bits per heavy atom. The van der Waals surface area contributed by atoms with Gasteiger partial charge >= 0.3 is 0 Å². The van der Waals surface area contributed by atoms with E-state index in [9.17, 15) is 14.4 Å². The van der Waals surface area contributed by atoms with E-state index < -0.39 is 17.9 Å². The third-order valence-electron chi connectivity index (χ3n) is 5.06. The van der Waals surface area contributed by atoms with Crippen LogP contribution in [0.15, 0.2) is 30.3 Å². The molecule has 29 heavy (non-hydrogen) atoms. The molecule has 1 unspecified atom stereocenters. The lowest BCUT2D eigenvalue weighted by Crippen LogP contribution is -2.47. The molecule has 0 aliphatic carbocycles. The number of hydrogen-bond donors (Lipinski definition) is 1. The van der Waals surface area contributed by atoms with Crippen LogP contribution in [0.4, 0.5) is 5.69 Å². The third-order valence-corrected chi connectivity index (χ3v) is 5.78. The minimum Gasteiger partial charge on any atom is -0.324 e. The summed E-state index contributed by atoms with van der Waals surface area (Å²) in [5.41, 5.74) is 2.91. The first-order valence-electron chi connectivity index (χ1n) is 9.49. The number of imide groups is 1. The molecule has 152 valence electrons. The van der Waals surface area contributed by atoms with Gasteiger partial charge in [-0.2, -0.15) is 0 Å². The summed E-state index contributed by atoms with van der Waals surface area (Å²) >= 11 is 12.1. The molecule has 0 aromatic heterocycles. The number of unbranched alkanes of at least 4 members (excludes halogenated alkanes) is 1. The summed E-state index contributed by atoms with van der Waals surface area (Å²) in [4.78, 5) is 40.1. The number of hydrogen-bond acceptors (Lipinski definition) is 3. The maximum atomic E-state index is 13.1. The van der Waals surface area contributed by atoms with Crippen LogP contribution in [0.2, 0.25) is 10.0 Å². The van der Waals surface area contributed by atoms with Crippen molar-refractivity contribution in [2.45, 2.75) is 46.1 Å². The van der Waals surface area contributed by atoms with E-state index in [1.807, 2.05) is 39.0 Å². The Balaban J connectivity index is 1.94. The normalized spacial score (nSPS) is 14.2. The van der Waals surface area contributed by atoms with Crippen molar-refractivity contribution in [3.63, 3.8) is 0 Å². The van der Waals surface area contributed by atoms with Gasteiger partial charge in [-0.3, -0.25) is 19.3 Å². The number of aryl methyl sites for hydroxylation is 2. The van der Waals surface area contributed by atoms with Gasteiger partial charge in [-0.25, -0.2) is 0 Å². The molecule has 0 radical (unpaired) electrons. The molecule has 0 bridgehead atoms. The summed E-state index contributed by atoms with van der Waals surface area (Å²) < 4.78 is 0. The van der Waals surface area contributed by atoms with Crippen molar-refractivity contribution in [3.05, 3.63) is 62.6 Å². The Kier molecular flexibility index (Phi) is 6.30. The van der Waals surface area contributed by atoms with Crippen molar-refractivity contribution in [2.24, 2.45) is 0 Å². The second-order valence-electron chi connectivity index (χ2n) is 7.26. The van der Waals surface area contributed by atoms with Crippen molar-refractivity contribution < 1.29 is 14.4 Å². The summed E-state index contributed by atoms with van der Waals surface area (Å²) in [6, 6.07) is 7.60. The molecular formula is C22H22Cl2N2O3. The van der Waals surface area contributed by atoms with E-state index in [2.05, 4.69) is 5.32 Å². The Bertz CT molecular complexity index is 963. The van der Waals surface area contributed by atoms with Crippen molar-refractivity contribution in [1.82, 2.24) is 4.90 Å². The average Bonchev–Trinajstić information content (AvgIpc) is 2.90. The van der Waals surface area contributed by atoms with Gasteiger partial charge in [-0.15, -0.1) is 0 Å². The predicted octanol–water partition coefficient (Wildman–Crippen LogP) is 5.40. The number of halogens is 2. The van der Waals surface area contributed by atoms with Crippen LogP contribution in [0.1, 0.15) is 58.0 Å². The largest absolute Gasteiger partial charge is 0.324 e. The van der Waals surface area contributed by atoms with E-state index in [4.69, 9.17) is 23.2 Å². The van der Waals surface area contributed by atoms with Gasteiger partial charge in [-0.1, -0.05) is 55.1 Å². The molecule has 1 aliphatic rings. The lowest BCUT2D eigenvalue weighted by Gasteiger charge is -2.25. The SMILES string of the molecule is CCCCC(C(=O)Nc1cc(C)ccc1C)N1C(=O)c2cc(Cl)c(Cl)cc2C1=O. The number of fused-ring (bicyclic) bond motifs is 1. The van der Waals surface area contributed by atoms with Gasteiger partial charge in [0.25, 0.3) is 11.8 Å². The van der Waals surface area contributed by atoms with Crippen LogP contribution in [0.25, 0.3) is 0 Å². The number of nitrogens with zero attached hydrogens (tertiary/aromatic N) is 1. The lowest BCUT2D eigenvalue weighted by atomic mass is 10.1. The standard InChI is InChI=1S/C22H22Cl2N2O3/c1-4-5-6-19(20(27)25-18-9-12(2)7-8-13(18)3)26-21(28)14-10-16(23)17(24)11-15(14)22(26)29/h7-11,19H,4-6H2,1-3H3,(H,25,27). The van der Waals surface area contributed by atoms with Gasteiger partial charge in [0, 0.05) is 5.69 Å². The third kappa shape index (κ3) is 4.16. The van der Waals surface area contributed by atoms with E-state index in [1.54, 1.807) is 0 Å². The number of carbonyl (C=O) groups excluding carboxylic acids is 3. The van der Waals surface area contributed by atoms with Crippen LogP contribution in [0.3, 0.4) is 0 Å². The zero-order chi connectivity index (χ0) is 21.3. The van der Waals surface area contributed by atoms with Crippen LogP contribution in [-0.2, 0) is 4.79 Å². The summed E-state index contributed by atoms with van der Waals surface area (Å²) in [5, 5.41) is 3.28. The van der Waals surface area contributed by atoms with Crippen LogP contribution in [0, 0.1) is 13.8 Å². The fraction of sp³-hybridized carbons (Fsp3) is 0.318. The maximum absolute atomic E-state index is 13.1.